The number of hydrogen-bond donors (Lipinski definition) is 2. The predicted octanol–water partition coefficient (Wildman–Crippen LogP) is 6.30. The summed E-state index contributed by atoms with van der Waals surface area (Å²) in [5, 5.41) is 14.3. The lowest BCUT2D eigenvalue weighted by Crippen LogP contribution is -2.52. The molecule has 2 saturated heterocycles. The highest BCUT2D eigenvalue weighted by atomic mass is 127. The van der Waals surface area contributed by atoms with Gasteiger partial charge >= 0.3 is 11.9 Å². The Morgan fingerprint density at radius 1 is 0.881 bits per heavy atom. The topological polar surface area (TPSA) is 95.9 Å². The zero-order valence-corrected chi connectivity index (χ0v) is 24.9. The number of cyclic esters (lactones) is 1. The Labute approximate surface area is 260 Å². The van der Waals surface area contributed by atoms with Gasteiger partial charge in [0.25, 0.3) is 0 Å². The van der Waals surface area contributed by atoms with Crippen molar-refractivity contribution in [3.63, 3.8) is 0 Å². The molecule has 2 N–H and O–H groups in total. The number of aliphatic carboxylic acids is 1. The summed E-state index contributed by atoms with van der Waals surface area (Å²) >= 11 is 9.05. The second-order valence-corrected chi connectivity index (χ2v) is 12.4. The number of fused-ring (bicyclic) bond motifs is 3. The SMILES string of the molecule is O=C1O[C@H](c2ccccc2)[C@H](c2ccccc2)N2[C@H]1[C@@H](C(=O)O)[C@]1(C(=O)Nc3ccc(I)cc31)[C@H]2c1ccccc1Cl. The minimum atomic E-state index is -1.68. The van der Waals surface area contributed by atoms with Gasteiger partial charge in [0, 0.05) is 14.3 Å². The van der Waals surface area contributed by atoms with Crippen molar-refractivity contribution >= 4 is 57.7 Å². The molecule has 4 aromatic rings. The fourth-order valence-corrected chi connectivity index (χ4v) is 7.94. The first-order chi connectivity index (χ1) is 20.3. The van der Waals surface area contributed by atoms with Crippen LogP contribution in [0, 0.1) is 9.49 Å². The zero-order valence-electron chi connectivity index (χ0n) is 22.0. The molecule has 0 saturated carbocycles. The van der Waals surface area contributed by atoms with Crippen LogP contribution in [0.15, 0.2) is 103 Å². The van der Waals surface area contributed by atoms with Crippen molar-refractivity contribution in [2.45, 2.75) is 29.6 Å². The van der Waals surface area contributed by atoms with Crippen molar-refractivity contribution in [2.75, 3.05) is 5.32 Å². The molecule has 2 fully saturated rings. The normalized spacial score (nSPS) is 28.2. The highest BCUT2D eigenvalue weighted by molar-refractivity contribution is 14.1. The summed E-state index contributed by atoms with van der Waals surface area (Å²) in [6.07, 6.45) is -0.772. The molecule has 1 amide bonds. The van der Waals surface area contributed by atoms with E-state index in [0.717, 1.165) is 14.7 Å². The number of carbonyl (C=O) groups is 3. The largest absolute Gasteiger partial charge is 0.481 e. The molecule has 6 atom stereocenters. The predicted molar refractivity (Wildman–Crippen MR) is 165 cm³/mol. The van der Waals surface area contributed by atoms with Crippen molar-refractivity contribution in [1.82, 2.24) is 4.90 Å². The molecule has 9 heteroatoms. The van der Waals surface area contributed by atoms with E-state index in [0.29, 0.717) is 21.8 Å². The number of ether oxygens (including phenoxy) is 1. The summed E-state index contributed by atoms with van der Waals surface area (Å²) in [4.78, 5) is 43.9. The van der Waals surface area contributed by atoms with Gasteiger partial charge in [-0.25, -0.2) is 0 Å². The Bertz CT molecular complexity index is 1740. The molecule has 3 heterocycles. The van der Waals surface area contributed by atoms with Gasteiger partial charge in [-0.15, -0.1) is 0 Å². The number of nitrogens with one attached hydrogen (secondary N) is 1. The van der Waals surface area contributed by atoms with E-state index in [4.69, 9.17) is 16.3 Å². The van der Waals surface area contributed by atoms with Crippen molar-refractivity contribution in [1.29, 1.82) is 0 Å². The van der Waals surface area contributed by atoms with E-state index in [9.17, 15) is 19.5 Å². The van der Waals surface area contributed by atoms with Crippen molar-refractivity contribution in [2.24, 2.45) is 5.92 Å². The average molecular weight is 691 g/mol. The van der Waals surface area contributed by atoms with Crippen LogP contribution in [0.5, 0.6) is 0 Å². The average Bonchev–Trinajstić information content (AvgIpc) is 3.47. The first-order valence-electron chi connectivity index (χ1n) is 13.5. The van der Waals surface area contributed by atoms with E-state index in [1.54, 1.807) is 18.2 Å². The van der Waals surface area contributed by atoms with Crippen LogP contribution in [0.1, 0.15) is 40.4 Å². The van der Waals surface area contributed by atoms with Crippen LogP contribution in [0.25, 0.3) is 0 Å². The zero-order chi connectivity index (χ0) is 29.2. The number of halogens is 2. The first-order valence-corrected chi connectivity index (χ1v) is 15.0. The van der Waals surface area contributed by atoms with Gasteiger partial charge in [0.1, 0.15) is 23.5 Å². The quantitative estimate of drug-likeness (QED) is 0.193. The molecule has 3 aliphatic rings. The number of morpholine rings is 1. The van der Waals surface area contributed by atoms with Crippen LogP contribution in [-0.4, -0.2) is 33.9 Å². The van der Waals surface area contributed by atoms with Crippen LogP contribution in [-0.2, 0) is 24.5 Å². The Hall–Kier alpha value is -3.73. The van der Waals surface area contributed by atoms with Crippen LogP contribution >= 0.6 is 34.2 Å². The lowest BCUT2D eigenvalue weighted by molar-refractivity contribution is -0.179. The third-order valence-corrected chi connectivity index (χ3v) is 9.75. The number of esters is 1. The van der Waals surface area contributed by atoms with Gasteiger partial charge in [0.2, 0.25) is 5.91 Å². The van der Waals surface area contributed by atoms with Crippen molar-refractivity contribution < 1.29 is 24.2 Å². The third-order valence-electron chi connectivity index (χ3n) is 8.74. The van der Waals surface area contributed by atoms with Crippen molar-refractivity contribution in [3.05, 3.63) is 134 Å². The molecular weight excluding hydrogens is 667 g/mol. The molecule has 4 aromatic carbocycles. The monoisotopic (exact) mass is 690 g/mol. The fourth-order valence-electron chi connectivity index (χ4n) is 7.21. The Morgan fingerprint density at radius 3 is 2.19 bits per heavy atom. The number of nitrogens with zero attached hydrogens (tertiary/aromatic N) is 1. The number of hydrogen-bond acceptors (Lipinski definition) is 5. The molecular formula is C33H24ClIN2O5. The molecule has 3 aliphatic heterocycles. The highest BCUT2D eigenvalue weighted by Crippen LogP contribution is 2.65. The number of rotatable bonds is 4. The molecule has 0 bridgehead atoms. The van der Waals surface area contributed by atoms with Crippen molar-refractivity contribution in [3.8, 4) is 0 Å². The number of carboxylic acids is 1. The van der Waals surface area contributed by atoms with Gasteiger partial charge in [-0.3, -0.25) is 19.3 Å². The molecule has 1 spiro atoms. The summed E-state index contributed by atoms with van der Waals surface area (Å²) < 4.78 is 7.02. The number of anilines is 1. The summed E-state index contributed by atoms with van der Waals surface area (Å²) in [5.74, 6) is -3.90. The number of carboxylic acid groups (broad SMARTS) is 1. The van der Waals surface area contributed by atoms with Gasteiger partial charge in [-0.05, 0) is 69.1 Å². The number of carbonyl (C=O) groups excluding carboxylic acids is 2. The molecule has 7 nitrogen and oxygen atoms in total. The second kappa shape index (κ2) is 10.2. The summed E-state index contributed by atoms with van der Waals surface area (Å²) in [7, 11) is 0. The van der Waals surface area contributed by atoms with Crippen LogP contribution in [0.3, 0.4) is 0 Å². The third kappa shape index (κ3) is 3.85. The maximum atomic E-state index is 14.4. The maximum absolute atomic E-state index is 14.4. The van der Waals surface area contributed by atoms with Crippen LogP contribution < -0.4 is 5.32 Å². The van der Waals surface area contributed by atoms with Gasteiger partial charge < -0.3 is 15.2 Å². The van der Waals surface area contributed by atoms with E-state index in [1.165, 1.54) is 0 Å². The van der Waals surface area contributed by atoms with Gasteiger partial charge in [0.15, 0.2) is 0 Å². The van der Waals surface area contributed by atoms with Gasteiger partial charge in [-0.1, -0.05) is 90.5 Å². The van der Waals surface area contributed by atoms with Crippen LogP contribution in [0.4, 0.5) is 5.69 Å². The first kappa shape index (κ1) is 27.1. The Kier molecular flexibility index (Phi) is 6.60. The molecule has 0 aromatic heterocycles. The number of benzene rings is 4. The molecule has 0 unspecified atom stereocenters. The smallest absolute Gasteiger partial charge is 0.325 e. The molecule has 0 radical (unpaired) electrons. The van der Waals surface area contributed by atoms with Gasteiger partial charge in [-0.2, -0.15) is 0 Å². The van der Waals surface area contributed by atoms with E-state index in [2.05, 4.69) is 27.9 Å². The standard InChI is InChI=1S/C33H24ClIN2O5/c34-23-14-8-7-13-21(23)29-33(22-17-20(35)15-16-24(22)36-32(33)41)25(30(38)39)27-31(40)42-28(19-11-5-2-6-12-19)26(37(27)29)18-9-3-1-4-10-18/h1-17,25-29H,(H,36,41)(H,38,39)/t25-,26-,27-,28+,29+,33-/m0/s1. The van der Waals surface area contributed by atoms with E-state index in [1.807, 2.05) is 89.8 Å². The van der Waals surface area contributed by atoms with E-state index >= 15 is 0 Å². The van der Waals surface area contributed by atoms with E-state index < -0.39 is 53.4 Å². The summed E-state index contributed by atoms with van der Waals surface area (Å²) in [6.45, 7) is 0. The lowest BCUT2D eigenvalue weighted by atomic mass is 9.65. The Balaban J connectivity index is 1.59. The van der Waals surface area contributed by atoms with E-state index in [-0.39, 0.29) is 0 Å². The molecule has 42 heavy (non-hydrogen) atoms. The highest BCUT2D eigenvalue weighted by Gasteiger charge is 2.74. The summed E-state index contributed by atoms with van der Waals surface area (Å²) in [5.41, 5.74) is 1.51. The fraction of sp³-hybridized carbons (Fsp3) is 0.182. The lowest BCUT2D eigenvalue weighted by Gasteiger charge is -2.46. The molecule has 7 rings (SSSR count). The van der Waals surface area contributed by atoms with Crippen LogP contribution in [0.2, 0.25) is 5.02 Å². The minimum absolute atomic E-state index is 0.376. The molecule has 0 aliphatic carbocycles. The maximum Gasteiger partial charge on any atom is 0.325 e. The Morgan fingerprint density at radius 2 is 1.52 bits per heavy atom. The molecule has 210 valence electrons. The summed E-state index contributed by atoms with van der Waals surface area (Å²) in [6, 6.07) is 28.8. The van der Waals surface area contributed by atoms with Gasteiger partial charge in [0.05, 0.1) is 12.1 Å². The minimum Gasteiger partial charge on any atom is -0.481 e. The number of amides is 1. The second-order valence-electron chi connectivity index (χ2n) is 10.8.